The second-order valence-corrected chi connectivity index (χ2v) is 5.73. The van der Waals surface area contributed by atoms with Gasteiger partial charge in [-0.05, 0) is 26.0 Å². The van der Waals surface area contributed by atoms with Gasteiger partial charge in [0, 0.05) is 11.7 Å². The van der Waals surface area contributed by atoms with E-state index in [1.54, 1.807) is 10.9 Å². The molecule has 0 aliphatic rings. The van der Waals surface area contributed by atoms with Crippen LogP contribution in [0.1, 0.15) is 13.8 Å². The number of imide groups is 1. The van der Waals surface area contributed by atoms with Crippen LogP contribution in [-0.4, -0.2) is 38.5 Å². The Hall–Kier alpha value is -2.35. The minimum atomic E-state index is -0.495. The average molecular weight is 319 g/mol. The normalized spacial score (nSPS) is 10.5. The average Bonchev–Trinajstić information content (AvgIpc) is 2.93. The van der Waals surface area contributed by atoms with E-state index in [1.807, 2.05) is 44.2 Å². The van der Waals surface area contributed by atoms with Crippen molar-refractivity contribution in [3.05, 3.63) is 36.7 Å². The molecular weight excluding hydrogens is 302 g/mol. The van der Waals surface area contributed by atoms with Crippen LogP contribution in [0.3, 0.4) is 0 Å². The summed E-state index contributed by atoms with van der Waals surface area (Å²) >= 11 is 1.21. The highest BCUT2D eigenvalue weighted by atomic mass is 32.2. The number of urea groups is 1. The van der Waals surface area contributed by atoms with E-state index in [0.717, 1.165) is 5.69 Å². The SMILES string of the molecule is CC(C)NC(=O)NC(=O)CSc1nncn1-c1ccccc1. The topological polar surface area (TPSA) is 88.9 Å². The van der Waals surface area contributed by atoms with Crippen molar-refractivity contribution in [1.29, 1.82) is 0 Å². The Bertz CT molecular complexity index is 642. The molecule has 0 aliphatic carbocycles. The number of carbonyl (C=O) groups is 2. The lowest BCUT2D eigenvalue weighted by Crippen LogP contribution is -2.43. The Morgan fingerprint density at radius 3 is 2.68 bits per heavy atom. The Morgan fingerprint density at radius 2 is 2.00 bits per heavy atom. The maximum absolute atomic E-state index is 11.7. The van der Waals surface area contributed by atoms with Crippen molar-refractivity contribution in [2.24, 2.45) is 0 Å². The van der Waals surface area contributed by atoms with Gasteiger partial charge in [-0.1, -0.05) is 30.0 Å². The molecule has 0 saturated carbocycles. The summed E-state index contributed by atoms with van der Waals surface area (Å²) in [5, 5.41) is 13.3. The molecule has 0 spiro atoms. The highest BCUT2D eigenvalue weighted by Gasteiger charge is 2.12. The molecule has 1 aromatic carbocycles. The molecule has 2 aromatic rings. The monoisotopic (exact) mass is 319 g/mol. The fourth-order valence-corrected chi connectivity index (χ4v) is 2.41. The minimum Gasteiger partial charge on any atom is -0.336 e. The summed E-state index contributed by atoms with van der Waals surface area (Å²) in [4.78, 5) is 23.2. The minimum absolute atomic E-state index is 0.0263. The van der Waals surface area contributed by atoms with Crippen LogP contribution in [0, 0.1) is 0 Å². The van der Waals surface area contributed by atoms with E-state index >= 15 is 0 Å². The third-order valence-electron chi connectivity index (χ3n) is 2.56. The van der Waals surface area contributed by atoms with Crippen LogP contribution in [0.2, 0.25) is 0 Å². The van der Waals surface area contributed by atoms with E-state index in [4.69, 9.17) is 0 Å². The Balaban J connectivity index is 1.92. The molecule has 1 aromatic heterocycles. The van der Waals surface area contributed by atoms with Crippen LogP contribution < -0.4 is 10.6 Å². The predicted molar refractivity (Wildman–Crippen MR) is 83.9 cm³/mol. The maximum Gasteiger partial charge on any atom is 0.321 e. The molecule has 7 nitrogen and oxygen atoms in total. The predicted octanol–water partition coefficient (Wildman–Crippen LogP) is 1.59. The molecule has 0 atom stereocenters. The number of hydrogen-bond acceptors (Lipinski definition) is 5. The van der Waals surface area contributed by atoms with Crippen molar-refractivity contribution < 1.29 is 9.59 Å². The second kappa shape index (κ2) is 7.60. The molecule has 2 N–H and O–H groups in total. The van der Waals surface area contributed by atoms with Crippen molar-refractivity contribution in [2.45, 2.75) is 25.0 Å². The molecule has 0 fully saturated rings. The van der Waals surface area contributed by atoms with Crippen LogP contribution >= 0.6 is 11.8 Å². The maximum atomic E-state index is 11.7. The van der Waals surface area contributed by atoms with Gasteiger partial charge in [0.05, 0.1) is 5.75 Å². The smallest absolute Gasteiger partial charge is 0.321 e. The molecule has 8 heteroatoms. The van der Waals surface area contributed by atoms with Gasteiger partial charge in [0.2, 0.25) is 5.91 Å². The number of benzene rings is 1. The number of aromatic nitrogens is 3. The summed E-state index contributed by atoms with van der Waals surface area (Å²) in [7, 11) is 0. The van der Waals surface area contributed by atoms with E-state index < -0.39 is 6.03 Å². The van der Waals surface area contributed by atoms with Gasteiger partial charge in [0.15, 0.2) is 5.16 Å². The number of thioether (sulfide) groups is 1. The van der Waals surface area contributed by atoms with Gasteiger partial charge in [-0.25, -0.2) is 4.79 Å². The lowest BCUT2D eigenvalue weighted by atomic mass is 10.3. The lowest BCUT2D eigenvalue weighted by Gasteiger charge is -2.09. The van der Waals surface area contributed by atoms with Gasteiger partial charge < -0.3 is 5.32 Å². The Morgan fingerprint density at radius 1 is 1.27 bits per heavy atom. The second-order valence-electron chi connectivity index (χ2n) is 4.78. The van der Waals surface area contributed by atoms with Crippen molar-refractivity contribution in [3.63, 3.8) is 0 Å². The number of hydrogen-bond donors (Lipinski definition) is 2. The van der Waals surface area contributed by atoms with Crippen LogP contribution in [0.25, 0.3) is 5.69 Å². The van der Waals surface area contributed by atoms with E-state index in [9.17, 15) is 9.59 Å². The van der Waals surface area contributed by atoms with Gasteiger partial charge in [-0.3, -0.25) is 14.7 Å². The largest absolute Gasteiger partial charge is 0.336 e. The zero-order valence-electron chi connectivity index (χ0n) is 12.3. The van der Waals surface area contributed by atoms with Gasteiger partial charge in [0.25, 0.3) is 0 Å². The first kappa shape index (κ1) is 16.0. The zero-order valence-corrected chi connectivity index (χ0v) is 13.1. The van der Waals surface area contributed by atoms with Crippen LogP contribution in [-0.2, 0) is 4.79 Å². The standard InChI is InChI=1S/C14H17N5O2S/c1-10(2)16-13(21)17-12(20)8-22-14-18-15-9-19(14)11-6-4-3-5-7-11/h3-7,9-10H,8H2,1-2H3,(H2,16,17,20,21). The number of nitrogens with zero attached hydrogens (tertiary/aromatic N) is 3. The van der Waals surface area contributed by atoms with Crippen molar-refractivity contribution >= 4 is 23.7 Å². The summed E-state index contributed by atoms with van der Waals surface area (Å²) in [5.41, 5.74) is 0.910. The molecule has 3 amide bonds. The zero-order chi connectivity index (χ0) is 15.9. The number of rotatable bonds is 5. The number of nitrogens with one attached hydrogen (secondary N) is 2. The lowest BCUT2D eigenvalue weighted by molar-refractivity contribution is -0.117. The highest BCUT2D eigenvalue weighted by Crippen LogP contribution is 2.18. The number of para-hydroxylation sites is 1. The highest BCUT2D eigenvalue weighted by molar-refractivity contribution is 7.99. The molecule has 0 aliphatic heterocycles. The van der Waals surface area contributed by atoms with E-state index in [1.165, 1.54) is 11.8 Å². The molecule has 0 saturated heterocycles. The van der Waals surface area contributed by atoms with E-state index in [2.05, 4.69) is 20.8 Å². The number of amides is 3. The van der Waals surface area contributed by atoms with Gasteiger partial charge in [0.1, 0.15) is 6.33 Å². The van der Waals surface area contributed by atoms with Crippen molar-refractivity contribution in [3.8, 4) is 5.69 Å². The van der Waals surface area contributed by atoms with Crippen molar-refractivity contribution in [2.75, 3.05) is 5.75 Å². The summed E-state index contributed by atoms with van der Waals surface area (Å²) in [6.07, 6.45) is 1.58. The molecule has 116 valence electrons. The molecule has 22 heavy (non-hydrogen) atoms. The fraction of sp³-hybridized carbons (Fsp3) is 0.286. The first-order chi connectivity index (χ1) is 10.6. The molecule has 2 rings (SSSR count). The fourth-order valence-electron chi connectivity index (χ4n) is 1.68. The van der Waals surface area contributed by atoms with Crippen LogP contribution in [0.15, 0.2) is 41.8 Å². The van der Waals surface area contributed by atoms with E-state index in [0.29, 0.717) is 5.16 Å². The third-order valence-corrected chi connectivity index (χ3v) is 3.50. The van der Waals surface area contributed by atoms with Crippen LogP contribution in [0.5, 0.6) is 0 Å². The third kappa shape index (κ3) is 4.59. The van der Waals surface area contributed by atoms with Gasteiger partial charge in [-0.15, -0.1) is 10.2 Å². The Labute approximate surface area is 132 Å². The first-order valence-electron chi connectivity index (χ1n) is 6.75. The van der Waals surface area contributed by atoms with Gasteiger partial charge in [-0.2, -0.15) is 0 Å². The Kier molecular flexibility index (Phi) is 5.54. The summed E-state index contributed by atoms with van der Waals surface area (Å²) in [5.74, 6) is -0.303. The quantitative estimate of drug-likeness (QED) is 0.817. The molecule has 0 unspecified atom stereocenters. The first-order valence-corrected chi connectivity index (χ1v) is 7.73. The molecule has 1 heterocycles. The summed E-state index contributed by atoms with van der Waals surface area (Å²) in [6.45, 7) is 3.64. The summed E-state index contributed by atoms with van der Waals surface area (Å²) < 4.78 is 1.78. The molecule has 0 bridgehead atoms. The molecular formula is C14H17N5O2S. The van der Waals surface area contributed by atoms with E-state index in [-0.39, 0.29) is 17.7 Å². The van der Waals surface area contributed by atoms with Crippen LogP contribution in [0.4, 0.5) is 4.79 Å². The van der Waals surface area contributed by atoms with Gasteiger partial charge >= 0.3 is 6.03 Å². The summed E-state index contributed by atoms with van der Waals surface area (Å²) in [6, 6.07) is 9.06. The van der Waals surface area contributed by atoms with Crippen molar-refractivity contribution in [1.82, 2.24) is 25.4 Å². The number of carbonyl (C=O) groups excluding carboxylic acids is 2. The molecule has 0 radical (unpaired) electrons.